The molecule has 1 unspecified atom stereocenters. The van der Waals surface area contributed by atoms with E-state index in [4.69, 9.17) is 9.47 Å². The van der Waals surface area contributed by atoms with Gasteiger partial charge >= 0.3 is 0 Å². The molecule has 6 heteroatoms. The van der Waals surface area contributed by atoms with E-state index in [-0.39, 0.29) is 6.10 Å². The van der Waals surface area contributed by atoms with Gasteiger partial charge in [-0.05, 0) is 60.7 Å². The summed E-state index contributed by atoms with van der Waals surface area (Å²) in [5, 5.41) is 0. The number of nitrogens with zero attached hydrogens (tertiary/aromatic N) is 2. The first kappa shape index (κ1) is 16.3. The third-order valence-electron chi connectivity index (χ3n) is 4.96. The highest BCUT2D eigenvalue weighted by Crippen LogP contribution is 2.25. The van der Waals surface area contributed by atoms with Crippen LogP contribution in [-0.2, 0) is 4.74 Å². The van der Waals surface area contributed by atoms with Gasteiger partial charge in [0, 0.05) is 22.6 Å². The van der Waals surface area contributed by atoms with Crippen LogP contribution in [0.3, 0.4) is 0 Å². The van der Waals surface area contributed by atoms with Crippen LogP contribution >= 0.6 is 0 Å². The number of rotatable bonds is 3. The summed E-state index contributed by atoms with van der Waals surface area (Å²) in [4.78, 5) is 16.2. The molecule has 1 saturated heterocycles. The molecule has 3 aromatic rings. The Labute approximate surface area is 166 Å². The van der Waals surface area contributed by atoms with Gasteiger partial charge in [-0.2, -0.15) is 0 Å². The van der Waals surface area contributed by atoms with Crippen molar-refractivity contribution in [2.45, 2.75) is 6.10 Å². The van der Waals surface area contributed by atoms with Crippen LogP contribution in [0.25, 0.3) is 46.4 Å². The van der Waals surface area contributed by atoms with Gasteiger partial charge in [-0.25, -0.2) is 9.97 Å². The average molecular weight is 382 g/mol. The molecule has 6 heterocycles. The van der Waals surface area contributed by atoms with E-state index in [1.165, 1.54) is 0 Å². The van der Waals surface area contributed by atoms with E-state index in [0.717, 1.165) is 57.2 Å². The van der Waals surface area contributed by atoms with Gasteiger partial charge in [0.2, 0.25) is 0 Å². The lowest BCUT2D eigenvalue weighted by atomic mass is 10.3. The predicted octanol–water partition coefficient (Wildman–Crippen LogP) is 4.43. The van der Waals surface area contributed by atoms with Crippen molar-refractivity contribution in [1.29, 1.82) is 0 Å². The number of hydrogen-bond donors (Lipinski definition) is 2. The maximum Gasteiger partial charge on any atom is 0.145 e. The Morgan fingerprint density at radius 1 is 0.793 bits per heavy atom. The summed E-state index contributed by atoms with van der Waals surface area (Å²) >= 11 is 0. The summed E-state index contributed by atoms with van der Waals surface area (Å²) in [6.07, 6.45) is 8.20. The van der Waals surface area contributed by atoms with Gasteiger partial charge in [-0.15, -0.1) is 0 Å². The summed E-state index contributed by atoms with van der Waals surface area (Å²) in [5.74, 6) is 0.796. The number of ether oxygens (including phenoxy) is 2. The minimum Gasteiger partial charge on any atom is -0.489 e. The number of fused-ring (bicyclic) bond motifs is 8. The molecule has 8 bridgehead atoms. The van der Waals surface area contributed by atoms with Crippen LogP contribution in [0, 0.1) is 0 Å². The lowest BCUT2D eigenvalue weighted by Gasteiger charge is -2.00. The smallest absolute Gasteiger partial charge is 0.145 e. The van der Waals surface area contributed by atoms with Gasteiger partial charge in [-0.1, -0.05) is 0 Å². The van der Waals surface area contributed by atoms with Gasteiger partial charge in [-0.3, -0.25) is 0 Å². The first-order valence-corrected chi connectivity index (χ1v) is 9.60. The largest absolute Gasteiger partial charge is 0.489 e. The molecule has 1 fully saturated rings. The fraction of sp³-hybridized carbons (Fsp3) is 0.130. The van der Waals surface area contributed by atoms with Crippen LogP contribution < -0.4 is 4.74 Å². The molecule has 0 radical (unpaired) electrons. The molecule has 6 rings (SSSR count). The molecule has 3 aromatic heterocycles. The van der Waals surface area contributed by atoms with Crippen LogP contribution in [0.5, 0.6) is 5.75 Å². The first-order valence-electron chi connectivity index (χ1n) is 9.60. The van der Waals surface area contributed by atoms with E-state index in [1.54, 1.807) is 0 Å². The molecule has 3 aliphatic heterocycles. The summed E-state index contributed by atoms with van der Waals surface area (Å²) in [7, 11) is 0. The van der Waals surface area contributed by atoms with E-state index in [0.29, 0.717) is 6.61 Å². The number of H-pyrrole nitrogens is 2. The number of aromatic nitrogens is 4. The average Bonchev–Trinajstić information content (AvgIpc) is 3.07. The molecule has 0 aromatic carbocycles. The highest BCUT2D eigenvalue weighted by Gasteiger charge is 2.23. The van der Waals surface area contributed by atoms with E-state index >= 15 is 0 Å². The number of hydrogen-bond acceptors (Lipinski definition) is 4. The maximum absolute atomic E-state index is 5.99. The van der Waals surface area contributed by atoms with Crippen LogP contribution in [0.2, 0.25) is 0 Å². The van der Waals surface area contributed by atoms with Crippen LogP contribution in [0.1, 0.15) is 22.8 Å². The second-order valence-corrected chi connectivity index (χ2v) is 7.31. The fourth-order valence-electron chi connectivity index (χ4n) is 3.46. The van der Waals surface area contributed by atoms with Crippen molar-refractivity contribution < 1.29 is 9.47 Å². The molecular formula is C23H18N4O2. The lowest BCUT2D eigenvalue weighted by molar-refractivity contribution is 0.265. The van der Waals surface area contributed by atoms with Crippen molar-refractivity contribution in [2.24, 2.45) is 0 Å². The summed E-state index contributed by atoms with van der Waals surface area (Å²) < 4.78 is 11.3. The second kappa shape index (κ2) is 6.46. The van der Waals surface area contributed by atoms with Crippen molar-refractivity contribution in [1.82, 2.24) is 19.9 Å². The molecule has 3 aliphatic rings. The monoisotopic (exact) mass is 382 g/mol. The Balaban J connectivity index is 1.58. The van der Waals surface area contributed by atoms with Gasteiger partial charge in [0.25, 0.3) is 0 Å². The Morgan fingerprint density at radius 2 is 1.45 bits per heavy atom. The minimum absolute atomic E-state index is 0.202. The number of aromatic amines is 2. The molecular weight excluding hydrogens is 364 g/mol. The third kappa shape index (κ3) is 3.46. The Bertz CT molecular complexity index is 1330. The highest BCUT2D eigenvalue weighted by atomic mass is 16.6. The van der Waals surface area contributed by atoms with E-state index in [1.807, 2.05) is 60.7 Å². The Hall–Kier alpha value is -3.64. The standard InChI is InChI=1S/C23H18N4O2/c1-2-15-8-17-5-6-19(26-17)10-22-23(29-13-21-12-28-21)11-20(27-22)9-18-4-3-16(25-18)7-14(1)24-15/h1-11,21,25,27H,12-13H2. The zero-order valence-electron chi connectivity index (χ0n) is 15.6. The van der Waals surface area contributed by atoms with Crippen molar-refractivity contribution in [3.05, 3.63) is 65.2 Å². The van der Waals surface area contributed by atoms with E-state index < -0.39 is 0 Å². The van der Waals surface area contributed by atoms with Crippen molar-refractivity contribution >= 4 is 46.4 Å². The molecule has 142 valence electrons. The highest BCUT2D eigenvalue weighted by molar-refractivity contribution is 5.79. The first-order chi connectivity index (χ1) is 14.3. The zero-order valence-corrected chi connectivity index (χ0v) is 15.6. The van der Waals surface area contributed by atoms with E-state index in [9.17, 15) is 0 Å². The van der Waals surface area contributed by atoms with Crippen molar-refractivity contribution in [2.75, 3.05) is 13.2 Å². The molecule has 0 spiro atoms. The molecule has 0 saturated carbocycles. The van der Waals surface area contributed by atoms with Gasteiger partial charge < -0.3 is 19.4 Å². The summed E-state index contributed by atoms with van der Waals surface area (Å²) in [6.45, 7) is 1.32. The minimum atomic E-state index is 0.202. The van der Waals surface area contributed by atoms with Gasteiger partial charge in [0.05, 0.1) is 34.9 Å². The van der Waals surface area contributed by atoms with Crippen LogP contribution in [-0.4, -0.2) is 39.3 Å². The second-order valence-electron chi connectivity index (χ2n) is 7.31. The van der Waals surface area contributed by atoms with E-state index in [2.05, 4.69) is 26.0 Å². The summed E-state index contributed by atoms with van der Waals surface area (Å²) in [5.41, 5.74) is 7.39. The molecule has 1 atom stereocenters. The van der Waals surface area contributed by atoms with Crippen molar-refractivity contribution in [3.8, 4) is 5.75 Å². The van der Waals surface area contributed by atoms with Crippen LogP contribution in [0.4, 0.5) is 0 Å². The number of epoxide rings is 1. The SMILES string of the molecule is C1=Cc2cc3ccc(cc4cc(OCC5CO5)c(cc5nc(cc1n2)C=C5)[nH]4)[nH]3. The normalized spacial score (nSPS) is 16.9. The van der Waals surface area contributed by atoms with Crippen LogP contribution in [0.15, 0.2) is 42.5 Å². The zero-order chi connectivity index (χ0) is 19.2. The Morgan fingerprint density at radius 3 is 2.17 bits per heavy atom. The Kier molecular flexibility index (Phi) is 3.64. The number of nitrogens with one attached hydrogen (secondary N) is 2. The van der Waals surface area contributed by atoms with Gasteiger partial charge in [0.1, 0.15) is 18.5 Å². The van der Waals surface area contributed by atoms with Crippen molar-refractivity contribution in [3.63, 3.8) is 0 Å². The maximum atomic E-state index is 5.99. The molecule has 0 aliphatic carbocycles. The topological polar surface area (TPSA) is 79.1 Å². The van der Waals surface area contributed by atoms with Gasteiger partial charge in [0.15, 0.2) is 0 Å². The quantitative estimate of drug-likeness (QED) is 0.452. The molecule has 2 N–H and O–H groups in total. The summed E-state index contributed by atoms with van der Waals surface area (Å²) in [6, 6.07) is 14.2. The molecule has 6 nitrogen and oxygen atoms in total. The lowest BCUT2D eigenvalue weighted by Crippen LogP contribution is -2.03. The molecule has 0 amide bonds. The third-order valence-corrected chi connectivity index (χ3v) is 4.96. The molecule has 29 heavy (non-hydrogen) atoms. The predicted molar refractivity (Wildman–Crippen MR) is 114 cm³/mol. The fourth-order valence-corrected chi connectivity index (χ4v) is 3.46.